The van der Waals surface area contributed by atoms with E-state index in [-0.39, 0.29) is 0 Å². The van der Waals surface area contributed by atoms with Crippen LogP contribution in [0.2, 0.25) is 0 Å². The molecule has 0 aliphatic rings. The van der Waals surface area contributed by atoms with Crippen molar-refractivity contribution in [1.29, 1.82) is 0 Å². The van der Waals surface area contributed by atoms with E-state index in [0.717, 1.165) is 6.54 Å². The van der Waals surface area contributed by atoms with Gasteiger partial charge in [-0.15, -0.1) is 0 Å². The van der Waals surface area contributed by atoms with Gasteiger partial charge in [-0.05, 0) is 5.56 Å². The molecule has 4 heteroatoms. The number of nitrogens with two attached hydrogens (primary N) is 3. The van der Waals surface area contributed by atoms with E-state index in [1.165, 1.54) is 5.56 Å². The third-order valence-corrected chi connectivity index (χ3v) is 1.15. The maximum atomic E-state index is 5.11. The van der Waals surface area contributed by atoms with Crippen LogP contribution in [0.15, 0.2) is 30.3 Å². The highest BCUT2D eigenvalue weighted by atomic mass is 15.2. The van der Waals surface area contributed by atoms with Gasteiger partial charge in [0.05, 0.1) is 0 Å². The molecule has 0 spiro atoms. The summed E-state index contributed by atoms with van der Waals surface area (Å²) in [5.74, 6) is 13.1. The van der Waals surface area contributed by atoms with Crippen LogP contribution in [0.3, 0.4) is 0 Å². The summed E-state index contributed by atoms with van der Waals surface area (Å²) in [5.41, 5.74) is 3.79. The Morgan fingerprint density at radius 3 is 2.09 bits per heavy atom. The SMILES string of the molecule is NN.NNCc1ccccc1. The van der Waals surface area contributed by atoms with Gasteiger partial charge in [0, 0.05) is 6.54 Å². The largest absolute Gasteiger partial charge is 0.274 e. The van der Waals surface area contributed by atoms with Gasteiger partial charge in [0.25, 0.3) is 0 Å². The van der Waals surface area contributed by atoms with Crippen molar-refractivity contribution >= 4 is 0 Å². The lowest BCUT2D eigenvalue weighted by Crippen LogP contribution is -2.20. The first kappa shape index (κ1) is 10.1. The Labute approximate surface area is 66.3 Å². The van der Waals surface area contributed by atoms with E-state index in [1.54, 1.807) is 0 Å². The predicted octanol–water partition coefficient (Wildman–Crippen LogP) is -0.531. The summed E-state index contributed by atoms with van der Waals surface area (Å²) in [5, 5.41) is 0. The number of hydrogen-bond donors (Lipinski definition) is 4. The number of nitrogens with one attached hydrogen (secondary N) is 1. The molecule has 0 fully saturated rings. The summed E-state index contributed by atoms with van der Waals surface area (Å²) in [6, 6.07) is 10.0. The second-order valence-corrected chi connectivity index (χ2v) is 1.87. The van der Waals surface area contributed by atoms with E-state index in [2.05, 4.69) is 17.1 Å². The van der Waals surface area contributed by atoms with Crippen molar-refractivity contribution in [2.45, 2.75) is 6.54 Å². The van der Waals surface area contributed by atoms with Crippen LogP contribution < -0.4 is 23.0 Å². The van der Waals surface area contributed by atoms with Crippen LogP contribution in [0.25, 0.3) is 0 Å². The fraction of sp³-hybridized carbons (Fsp3) is 0.143. The Kier molecular flexibility index (Phi) is 6.56. The van der Waals surface area contributed by atoms with E-state index < -0.39 is 0 Å². The Morgan fingerprint density at radius 1 is 1.09 bits per heavy atom. The molecule has 62 valence electrons. The molecular formula is C7H14N4. The number of rotatable bonds is 2. The second-order valence-electron chi connectivity index (χ2n) is 1.87. The fourth-order valence-electron chi connectivity index (χ4n) is 0.714. The molecule has 0 aliphatic carbocycles. The number of hydrogen-bond acceptors (Lipinski definition) is 4. The van der Waals surface area contributed by atoms with E-state index in [4.69, 9.17) is 5.84 Å². The van der Waals surface area contributed by atoms with Gasteiger partial charge in [-0.25, -0.2) is 0 Å². The Balaban J connectivity index is 0.000000461. The lowest BCUT2D eigenvalue weighted by molar-refractivity contribution is 0.741. The average Bonchev–Trinajstić information content (AvgIpc) is 2.11. The van der Waals surface area contributed by atoms with Gasteiger partial charge in [0.2, 0.25) is 0 Å². The van der Waals surface area contributed by atoms with Crippen molar-refractivity contribution in [2.24, 2.45) is 17.5 Å². The van der Waals surface area contributed by atoms with Crippen molar-refractivity contribution in [3.8, 4) is 0 Å². The van der Waals surface area contributed by atoms with Gasteiger partial charge in [0.15, 0.2) is 0 Å². The third kappa shape index (κ3) is 4.46. The van der Waals surface area contributed by atoms with Gasteiger partial charge in [-0.2, -0.15) is 0 Å². The first-order chi connectivity index (χ1) is 5.43. The molecule has 0 aromatic heterocycles. The first-order valence-corrected chi connectivity index (χ1v) is 3.24. The maximum absolute atomic E-state index is 5.11. The molecule has 1 aromatic rings. The van der Waals surface area contributed by atoms with Crippen LogP contribution in [-0.4, -0.2) is 0 Å². The third-order valence-electron chi connectivity index (χ3n) is 1.15. The molecule has 11 heavy (non-hydrogen) atoms. The van der Waals surface area contributed by atoms with Gasteiger partial charge in [0.1, 0.15) is 0 Å². The van der Waals surface area contributed by atoms with Crippen LogP contribution in [0, 0.1) is 0 Å². The maximum Gasteiger partial charge on any atom is 0.0348 e. The van der Waals surface area contributed by atoms with E-state index in [1.807, 2.05) is 30.3 Å². The second kappa shape index (κ2) is 7.17. The van der Waals surface area contributed by atoms with E-state index >= 15 is 0 Å². The fourth-order valence-corrected chi connectivity index (χ4v) is 0.714. The molecule has 1 aromatic carbocycles. The van der Waals surface area contributed by atoms with Crippen LogP contribution in [0.4, 0.5) is 0 Å². The molecule has 0 heterocycles. The molecule has 7 N–H and O–H groups in total. The van der Waals surface area contributed by atoms with Crippen molar-refractivity contribution in [1.82, 2.24) is 5.43 Å². The predicted molar refractivity (Wildman–Crippen MR) is 45.8 cm³/mol. The zero-order valence-corrected chi connectivity index (χ0v) is 6.33. The first-order valence-electron chi connectivity index (χ1n) is 3.24. The molecule has 0 bridgehead atoms. The molecule has 0 saturated carbocycles. The summed E-state index contributed by atoms with van der Waals surface area (Å²) in [6.45, 7) is 0.737. The van der Waals surface area contributed by atoms with Gasteiger partial charge >= 0.3 is 0 Å². The standard InChI is InChI=1S/C7H10N2.H4N2/c8-9-6-7-4-2-1-3-5-7;1-2/h1-5,9H,6,8H2;1-2H2. The van der Waals surface area contributed by atoms with Crippen molar-refractivity contribution < 1.29 is 0 Å². The summed E-state index contributed by atoms with van der Waals surface area (Å²) in [4.78, 5) is 0. The summed E-state index contributed by atoms with van der Waals surface area (Å²) < 4.78 is 0. The smallest absolute Gasteiger partial charge is 0.0348 e. The molecule has 0 unspecified atom stereocenters. The summed E-state index contributed by atoms with van der Waals surface area (Å²) in [6.07, 6.45) is 0. The quantitative estimate of drug-likeness (QED) is 0.340. The molecule has 0 atom stereocenters. The Morgan fingerprint density at radius 2 is 1.64 bits per heavy atom. The molecule has 1 rings (SSSR count). The minimum absolute atomic E-state index is 0.737. The molecule has 4 nitrogen and oxygen atoms in total. The lowest BCUT2D eigenvalue weighted by atomic mass is 10.2. The zero-order chi connectivity index (χ0) is 8.53. The zero-order valence-electron chi connectivity index (χ0n) is 6.33. The minimum Gasteiger partial charge on any atom is -0.274 e. The Hall–Kier alpha value is -0.940. The summed E-state index contributed by atoms with van der Waals surface area (Å²) >= 11 is 0. The van der Waals surface area contributed by atoms with Crippen molar-refractivity contribution in [2.75, 3.05) is 0 Å². The van der Waals surface area contributed by atoms with Crippen molar-refractivity contribution in [3.05, 3.63) is 35.9 Å². The van der Waals surface area contributed by atoms with Gasteiger partial charge in [-0.3, -0.25) is 23.0 Å². The molecule has 0 saturated heterocycles. The highest BCUT2D eigenvalue weighted by Crippen LogP contribution is 1.95. The molecule has 0 aliphatic heterocycles. The van der Waals surface area contributed by atoms with Crippen LogP contribution in [0.1, 0.15) is 5.56 Å². The van der Waals surface area contributed by atoms with Crippen LogP contribution in [0.5, 0.6) is 0 Å². The highest BCUT2D eigenvalue weighted by molar-refractivity contribution is 5.13. The van der Waals surface area contributed by atoms with Gasteiger partial charge in [-0.1, -0.05) is 30.3 Å². The molecule has 0 radical (unpaired) electrons. The van der Waals surface area contributed by atoms with Crippen LogP contribution in [-0.2, 0) is 6.54 Å². The highest BCUT2D eigenvalue weighted by Gasteiger charge is 1.83. The van der Waals surface area contributed by atoms with E-state index in [9.17, 15) is 0 Å². The normalized spacial score (nSPS) is 8.27. The molecule has 0 amide bonds. The Bertz CT molecular complexity index is 163. The average molecular weight is 154 g/mol. The summed E-state index contributed by atoms with van der Waals surface area (Å²) in [7, 11) is 0. The van der Waals surface area contributed by atoms with Crippen LogP contribution >= 0.6 is 0 Å². The monoisotopic (exact) mass is 154 g/mol. The van der Waals surface area contributed by atoms with E-state index in [0.29, 0.717) is 0 Å². The van der Waals surface area contributed by atoms with Gasteiger partial charge < -0.3 is 0 Å². The minimum atomic E-state index is 0.737. The van der Waals surface area contributed by atoms with Crippen molar-refractivity contribution in [3.63, 3.8) is 0 Å². The topological polar surface area (TPSA) is 90.1 Å². The number of benzene rings is 1. The number of hydrazine groups is 2. The molecular weight excluding hydrogens is 140 g/mol. The lowest BCUT2D eigenvalue weighted by Gasteiger charge is -1.95.